The van der Waals surface area contributed by atoms with Crippen LogP contribution in [-0.4, -0.2) is 9.97 Å². The van der Waals surface area contributed by atoms with E-state index in [9.17, 15) is 4.79 Å². The van der Waals surface area contributed by atoms with Crippen LogP contribution in [0.4, 0.5) is 5.69 Å². The number of aromatic nitrogens is 2. The summed E-state index contributed by atoms with van der Waals surface area (Å²) in [4.78, 5) is 19.0. The molecule has 1 aromatic carbocycles. The van der Waals surface area contributed by atoms with Gasteiger partial charge in [-0.25, -0.2) is 9.78 Å². The summed E-state index contributed by atoms with van der Waals surface area (Å²) in [6, 6.07) is 6.55. The highest BCUT2D eigenvalue weighted by atomic mass is 35.5. The van der Waals surface area contributed by atoms with Crippen molar-refractivity contribution in [2.75, 3.05) is 5.73 Å². The van der Waals surface area contributed by atoms with Crippen LogP contribution < -0.4 is 16.1 Å². The van der Waals surface area contributed by atoms with E-state index in [1.807, 2.05) is 6.92 Å². The molecule has 2 N–H and O–H groups in total. The number of benzene rings is 1. The minimum Gasteiger partial charge on any atom is -0.437 e. The van der Waals surface area contributed by atoms with Crippen LogP contribution in [0.15, 0.2) is 39.7 Å². The van der Waals surface area contributed by atoms with E-state index in [1.165, 1.54) is 12.3 Å². The molecule has 0 fully saturated rings. The van der Waals surface area contributed by atoms with Gasteiger partial charge in [0.1, 0.15) is 17.0 Å². The average molecular weight is 304 g/mol. The van der Waals surface area contributed by atoms with Crippen molar-refractivity contribution in [3.05, 3.63) is 51.7 Å². The van der Waals surface area contributed by atoms with Crippen LogP contribution in [0.1, 0.15) is 5.56 Å². The van der Waals surface area contributed by atoms with Gasteiger partial charge in [-0.1, -0.05) is 0 Å². The lowest BCUT2D eigenvalue weighted by Gasteiger charge is -2.08. The largest absolute Gasteiger partial charge is 0.437 e. The van der Waals surface area contributed by atoms with Crippen LogP contribution in [0.3, 0.4) is 0 Å². The van der Waals surface area contributed by atoms with Crippen molar-refractivity contribution in [3.63, 3.8) is 0 Å². The molecule has 0 saturated carbocycles. The molecule has 2 heterocycles. The topological polar surface area (TPSA) is 91.2 Å². The second-order valence-electron chi connectivity index (χ2n) is 4.41. The maximum atomic E-state index is 11.4. The molecule has 3 aromatic rings. The number of hydrogen-bond donors (Lipinski definition) is 1. The highest BCUT2D eigenvalue weighted by molar-refractivity contribution is 6.28. The monoisotopic (exact) mass is 303 g/mol. The molecular weight excluding hydrogens is 294 g/mol. The molecule has 0 bridgehead atoms. The summed E-state index contributed by atoms with van der Waals surface area (Å²) in [5, 5.41) is 0.859. The minimum absolute atomic E-state index is 0.0300. The Bertz CT molecular complexity index is 892. The molecule has 3 rings (SSSR count). The van der Waals surface area contributed by atoms with Crippen LogP contribution in [0.5, 0.6) is 11.6 Å². The summed E-state index contributed by atoms with van der Waals surface area (Å²) in [5.41, 5.74) is 6.81. The highest BCUT2D eigenvalue weighted by Gasteiger charge is 2.08. The van der Waals surface area contributed by atoms with Crippen molar-refractivity contribution >= 4 is 28.3 Å². The Morgan fingerprint density at radius 2 is 2.14 bits per heavy atom. The van der Waals surface area contributed by atoms with Gasteiger partial charge in [0.2, 0.25) is 11.2 Å². The Labute approximate surface area is 124 Å². The molecule has 0 radical (unpaired) electrons. The quantitative estimate of drug-likeness (QED) is 0.578. The van der Waals surface area contributed by atoms with Gasteiger partial charge in [0.25, 0.3) is 0 Å². The van der Waals surface area contributed by atoms with Gasteiger partial charge in [0.15, 0.2) is 0 Å². The average Bonchev–Trinajstić information content (AvgIpc) is 2.42. The Morgan fingerprint density at radius 1 is 1.33 bits per heavy atom. The summed E-state index contributed by atoms with van der Waals surface area (Å²) in [7, 11) is 0. The van der Waals surface area contributed by atoms with Crippen LogP contribution in [-0.2, 0) is 0 Å². The van der Waals surface area contributed by atoms with Crippen LogP contribution >= 0.6 is 11.6 Å². The number of aryl methyl sites for hydroxylation is 1. The van der Waals surface area contributed by atoms with Crippen LogP contribution in [0.25, 0.3) is 11.0 Å². The van der Waals surface area contributed by atoms with Gasteiger partial charge in [0.05, 0.1) is 6.20 Å². The number of hydrogen-bond acceptors (Lipinski definition) is 6. The normalized spacial score (nSPS) is 10.8. The molecule has 21 heavy (non-hydrogen) atoms. The maximum absolute atomic E-state index is 11.4. The zero-order valence-corrected chi connectivity index (χ0v) is 11.7. The van der Waals surface area contributed by atoms with E-state index >= 15 is 0 Å². The summed E-state index contributed by atoms with van der Waals surface area (Å²) in [6.45, 7) is 1.84. The van der Waals surface area contributed by atoms with Crippen molar-refractivity contribution < 1.29 is 9.15 Å². The first-order valence-corrected chi connectivity index (χ1v) is 6.41. The molecule has 0 spiro atoms. The first kappa shape index (κ1) is 13.4. The van der Waals surface area contributed by atoms with Crippen molar-refractivity contribution in [2.45, 2.75) is 6.92 Å². The second kappa shape index (κ2) is 5.06. The Hall–Kier alpha value is -2.60. The SMILES string of the molecule is Cc1cc(=O)oc2cc(Oc3nc(Cl)ncc3N)ccc12. The molecule has 0 saturated heterocycles. The molecule has 2 aromatic heterocycles. The number of ether oxygens (including phenoxy) is 1. The molecule has 0 unspecified atom stereocenters. The molecule has 0 aliphatic carbocycles. The van der Waals surface area contributed by atoms with Crippen molar-refractivity contribution in [1.29, 1.82) is 0 Å². The third-order valence-corrected chi connectivity index (χ3v) is 3.07. The Morgan fingerprint density at radius 3 is 2.95 bits per heavy atom. The number of halogens is 1. The van der Waals surface area contributed by atoms with E-state index in [4.69, 9.17) is 26.5 Å². The molecular formula is C14H10ClN3O3. The van der Waals surface area contributed by atoms with Crippen molar-refractivity contribution in [2.24, 2.45) is 0 Å². The summed E-state index contributed by atoms with van der Waals surface area (Å²) in [5.74, 6) is 0.571. The standard InChI is InChI=1S/C14H10ClN3O3/c1-7-4-12(19)21-11-5-8(2-3-9(7)11)20-13-10(16)6-17-14(15)18-13/h2-6H,16H2,1H3. The first-order valence-electron chi connectivity index (χ1n) is 6.03. The van der Waals surface area contributed by atoms with Gasteiger partial charge in [0, 0.05) is 17.5 Å². The van der Waals surface area contributed by atoms with E-state index in [0.29, 0.717) is 11.3 Å². The van der Waals surface area contributed by atoms with Gasteiger partial charge in [-0.15, -0.1) is 0 Å². The van der Waals surface area contributed by atoms with Crippen molar-refractivity contribution in [1.82, 2.24) is 9.97 Å². The van der Waals surface area contributed by atoms with E-state index < -0.39 is 5.63 Å². The molecule has 6 nitrogen and oxygen atoms in total. The number of anilines is 1. The number of rotatable bonds is 2. The lowest BCUT2D eigenvalue weighted by Crippen LogP contribution is -1.99. The van der Waals surface area contributed by atoms with Gasteiger partial charge in [-0.05, 0) is 36.2 Å². The van der Waals surface area contributed by atoms with Gasteiger partial charge < -0.3 is 14.9 Å². The lowest BCUT2D eigenvalue weighted by atomic mass is 10.1. The number of fused-ring (bicyclic) bond motifs is 1. The molecule has 0 amide bonds. The number of nitrogens with zero attached hydrogens (tertiary/aromatic N) is 2. The Kier molecular flexibility index (Phi) is 3.23. The summed E-state index contributed by atoms with van der Waals surface area (Å²) in [6.07, 6.45) is 1.36. The maximum Gasteiger partial charge on any atom is 0.336 e. The third-order valence-electron chi connectivity index (χ3n) is 2.89. The second-order valence-corrected chi connectivity index (χ2v) is 4.75. The van der Waals surface area contributed by atoms with E-state index in [-0.39, 0.29) is 16.9 Å². The smallest absolute Gasteiger partial charge is 0.336 e. The summed E-state index contributed by atoms with van der Waals surface area (Å²) < 4.78 is 10.7. The Balaban J connectivity index is 2.05. The lowest BCUT2D eigenvalue weighted by molar-refractivity contribution is 0.462. The van der Waals surface area contributed by atoms with E-state index in [1.54, 1.807) is 18.2 Å². The predicted octanol–water partition coefficient (Wildman–Crippen LogP) is 2.92. The fourth-order valence-electron chi connectivity index (χ4n) is 1.92. The fourth-order valence-corrected chi connectivity index (χ4v) is 2.04. The van der Waals surface area contributed by atoms with Gasteiger partial charge >= 0.3 is 5.63 Å². The van der Waals surface area contributed by atoms with Gasteiger partial charge in [-0.3, -0.25) is 0 Å². The molecule has 7 heteroatoms. The van der Waals surface area contributed by atoms with E-state index in [2.05, 4.69) is 9.97 Å². The van der Waals surface area contributed by atoms with Crippen LogP contribution in [0, 0.1) is 6.92 Å². The highest BCUT2D eigenvalue weighted by Crippen LogP contribution is 2.28. The third kappa shape index (κ3) is 2.66. The van der Waals surface area contributed by atoms with Crippen molar-refractivity contribution in [3.8, 4) is 11.6 Å². The van der Waals surface area contributed by atoms with E-state index in [0.717, 1.165) is 10.9 Å². The zero-order chi connectivity index (χ0) is 15.0. The zero-order valence-electron chi connectivity index (χ0n) is 11.0. The predicted molar refractivity (Wildman–Crippen MR) is 78.7 cm³/mol. The number of nitrogens with two attached hydrogens (primary N) is 1. The molecule has 106 valence electrons. The fraction of sp³-hybridized carbons (Fsp3) is 0.0714. The summed E-state index contributed by atoms with van der Waals surface area (Å²) >= 11 is 5.70. The van der Waals surface area contributed by atoms with Crippen LogP contribution in [0.2, 0.25) is 5.28 Å². The number of nitrogen functional groups attached to an aromatic ring is 1. The molecule has 0 aliphatic rings. The van der Waals surface area contributed by atoms with Gasteiger partial charge in [-0.2, -0.15) is 4.98 Å². The minimum atomic E-state index is -0.415. The molecule has 0 atom stereocenters. The first-order chi connectivity index (χ1) is 10.0. The molecule has 0 aliphatic heterocycles.